The number of rotatable bonds is 14. The number of nitrogens with one attached hydrogen (secondary N) is 2. The summed E-state index contributed by atoms with van der Waals surface area (Å²) >= 11 is 0. The summed E-state index contributed by atoms with van der Waals surface area (Å²) < 4.78 is 45.7. The normalized spacial score (nSPS) is 12.5. The van der Waals surface area contributed by atoms with Crippen molar-refractivity contribution in [3.05, 3.63) is 35.4 Å². The van der Waals surface area contributed by atoms with Crippen LogP contribution in [0.3, 0.4) is 0 Å². The van der Waals surface area contributed by atoms with E-state index in [1.807, 2.05) is 24.3 Å². The van der Waals surface area contributed by atoms with Gasteiger partial charge in [-0.15, -0.1) is 0 Å². The highest BCUT2D eigenvalue weighted by Gasteiger charge is 2.24. The molecule has 26 heavy (non-hydrogen) atoms. The number of hydrogen-bond donors (Lipinski definition) is 2. The summed E-state index contributed by atoms with van der Waals surface area (Å²) in [7, 11) is -6.62. The molecule has 0 atom stereocenters. The van der Waals surface area contributed by atoms with Crippen LogP contribution in [-0.2, 0) is 40.3 Å². The van der Waals surface area contributed by atoms with Crippen LogP contribution in [0.2, 0.25) is 0 Å². The Morgan fingerprint density at radius 1 is 0.731 bits per heavy atom. The highest BCUT2D eigenvalue weighted by Crippen LogP contribution is 2.44. The van der Waals surface area contributed by atoms with Gasteiger partial charge in [0.2, 0.25) is 0 Å². The molecule has 0 aliphatic heterocycles. The summed E-state index contributed by atoms with van der Waals surface area (Å²) in [5, 5.41) is 5.68. The molecule has 150 valence electrons. The molecule has 0 spiro atoms. The molecule has 0 saturated carbocycles. The molecule has 1 rings (SSSR count). The van der Waals surface area contributed by atoms with Crippen molar-refractivity contribution < 1.29 is 27.2 Å². The average molecular weight is 408 g/mol. The fourth-order valence-corrected chi connectivity index (χ4v) is 4.79. The minimum Gasteiger partial charge on any atom is -0.297 e. The zero-order chi connectivity index (χ0) is 19.5. The SMILES string of the molecule is CCOP(=O)(NCc1cccc(CNP(=O)(OCC)OCC)c1)OCC. The van der Waals surface area contributed by atoms with Crippen LogP contribution in [0.5, 0.6) is 0 Å². The molecule has 0 aliphatic carbocycles. The Morgan fingerprint density at radius 2 is 1.08 bits per heavy atom. The molecule has 0 aromatic heterocycles. The van der Waals surface area contributed by atoms with Crippen LogP contribution in [0.4, 0.5) is 0 Å². The van der Waals surface area contributed by atoms with Gasteiger partial charge in [0.05, 0.1) is 26.4 Å². The van der Waals surface area contributed by atoms with Crippen LogP contribution >= 0.6 is 15.5 Å². The molecular formula is C16H30N2O6P2. The summed E-state index contributed by atoms with van der Waals surface area (Å²) in [4.78, 5) is 0. The third-order valence-electron chi connectivity index (χ3n) is 3.14. The van der Waals surface area contributed by atoms with Crippen molar-refractivity contribution in [3.63, 3.8) is 0 Å². The smallest absolute Gasteiger partial charge is 0.297 e. The minimum absolute atomic E-state index is 0.290. The predicted molar refractivity (Wildman–Crippen MR) is 102 cm³/mol. The van der Waals surface area contributed by atoms with Gasteiger partial charge < -0.3 is 0 Å². The van der Waals surface area contributed by atoms with E-state index < -0.39 is 15.5 Å². The van der Waals surface area contributed by atoms with E-state index >= 15 is 0 Å². The number of benzene rings is 1. The lowest BCUT2D eigenvalue weighted by Crippen LogP contribution is -2.16. The van der Waals surface area contributed by atoms with Crippen LogP contribution in [0, 0.1) is 0 Å². The average Bonchev–Trinajstić information content (AvgIpc) is 2.60. The van der Waals surface area contributed by atoms with Gasteiger partial charge in [-0.1, -0.05) is 24.3 Å². The second kappa shape index (κ2) is 12.0. The zero-order valence-electron chi connectivity index (χ0n) is 15.9. The zero-order valence-corrected chi connectivity index (χ0v) is 17.7. The van der Waals surface area contributed by atoms with E-state index in [9.17, 15) is 9.13 Å². The van der Waals surface area contributed by atoms with Gasteiger partial charge in [0.1, 0.15) is 0 Å². The minimum atomic E-state index is -3.31. The van der Waals surface area contributed by atoms with Crippen molar-refractivity contribution >= 4 is 15.5 Å². The summed E-state index contributed by atoms with van der Waals surface area (Å²) in [6, 6.07) is 7.56. The quantitative estimate of drug-likeness (QED) is 0.442. The fourth-order valence-electron chi connectivity index (χ4n) is 2.16. The Hall–Kier alpha value is -0.560. The van der Waals surface area contributed by atoms with Gasteiger partial charge in [-0.05, 0) is 38.8 Å². The van der Waals surface area contributed by atoms with Crippen LogP contribution in [0.1, 0.15) is 38.8 Å². The molecule has 2 N–H and O–H groups in total. The Labute approximate surface area is 156 Å². The Bertz CT molecular complexity index is 559. The van der Waals surface area contributed by atoms with Gasteiger partial charge in [-0.25, -0.2) is 19.3 Å². The van der Waals surface area contributed by atoms with Crippen LogP contribution in [0.15, 0.2) is 24.3 Å². The van der Waals surface area contributed by atoms with E-state index in [4.69, 9.17) is 18.1 Å². The third-order valence-corrected chi connectivity index (χ3v) is 6.62. The molecule has 0 bridgehead atoms. The highest BCUT2D eigenvalue weighted by atomic mass is 31.2. The maximum Gasteiger partial charge on any atom is 0.405 e. The van der Waals surface area contributed by atoms with Gasteiger partial charge in [-0.3, -0.25) is 18.1 Å². The van der Waals surface area contributed by atoms with Gasteiger partial charge >= 0.3 is 15.5 Å². The van der Waals surface area contributed by atoms with Gasteiger partial charge in [0.25, 0.3) is 0 Å². The van der Waals surface area contributed by atoms with Crippen molar-refractivity contribution in [3.8, 4) is 0 Å². The third kappa shape index (κ3) is 8.42. The second-order valence-corrected chi connectivity index (χ2v) is 8.81. The summed E-state index contributed by atoms with van der Waals surface area (Å²) in [5.74, 6) is 0. The predicted octanol–water partition coefficient (Wildman–Crippen LogP) is 4.23. The molecule has 0 aliphatic rings. The molecule has 0 amide bonds. The van der Waals surface area contributed by atoms with Crippen molar-refractivity contribution in [1.82, 2.24) is 10.2 Å². The summed E-state index contributed by atoms with van der Waals surface area (Å²) in [6.07, 6.45) is 0. The van der Waals surface area contributed by atoms with E-state index in [0.29, 0.717) is 39.5 Å². The molecule has 10 heteroatoms. The standard InChI is InChI=1S/C16H30N2O6P2/c1-5-21-25(19,22-6-2)17-13-15-10-9-11-16(12-15)14-18-26(20,23-7-3)24-8-4/h9-12H,5-8,13-14H2,1-4H3,(H,17,19)(H,18,20). The Morgan fingerprint density at radius 3 is 1.38 bits per heavy atom. The molecule has 8 nitrogen and oxygen atoms in total. The molecule has 0 unspecified atom stereocenters. The topological polar surface area (TPSA) is 95.1 Å². The number of hydrogen-bond acceptors (Lipinski definition) is 6. The molecule has 1 aromatic rings. The highest BCUT2D eigenvalue weighted by molar-refractivity contribution is 7.51. The maximum absolute atomic E-state index is 12.4. The lowest BCUT2D eigenvalue weighted by molar-refractivity contribution is 0.209. The fraction of sp³-hybridized carbons (Fsp3) is 0.625. The lowest BCUT2D eigenvalue weighted by atomic mass is 10.1. The first-order chi connectivity index (χ1) is 12.4. The van der Waals surface area contributed by atoms with Crippen LogP contribution < -0.4 is 10.2 Å². The second-order valence-electron chi connectivity index (χ2n) is 5.16. The molecular weight excluding hydrogens is 378 g/mol. The molecule has 0 fully saturated rings. The summed E-state index contributed by atoms with van der Waals surface area (Å²) in [5.41, 5.74) is 1.79. The molecule has 0 heterocycles. The van der Waals surface area contributed by atoms with E-state index in [1.54, 1.807) is 27.7 Å². The Kier molecular flexibility index (Phi) is 10.8. The first-order valence-corrected chi connectivity index (χ1v) is 11.8. The molecule has 0 saturated heterocycles. The maximum atomic E-state index is 12.4. The van der Waals surface area contributed by atoms with Crippen molar-refractivity contribution in [2.24, 2.45) is 0 Å². The van der Waals surface area contributed by atoms with Gasteiger partial charge in [-0.2, -0.15) is 0 Å². The largest absolute Gasteiger partial charge is 0.405 e. The van der Waals surface area contributed by atoms with E-state index in [2.05, 4.69) is 10.2 Å². The van der Waals surface area contributed by atoms with Crippen molar-refractivity contribution in [2.75, 3.05) is 26.4 Å². The monoisotopic (exact) mass is 408 g/mol. The van der Waals surface area contributed by atoms with Crippen molar-refractivity contribution in [1.29, 1.82) is 0 Å². The van der Waals surface area contributed by atoms with E-state index in [-0.39, 0.29) is 0 Å². The van der Waals surface area contributed by atoms with Crippen LogP contribution in [-0.4, -0.2) is 26.4 Å². The van der Waals surface area contributed by atoms with Crippen LogP contribution in [0.25, 0.3) is 0 Å². The first-order valence-electron chi connectivity index (χ1n) is 8.76. The van der Waals surface area contributed by atoms with E-state index in [0.717, 1.165) is 11.1 Å². The first kappa shape index (κ1) is 23.5. The Balaban J connectivity index is 2.70. The van der Waals surface area contributed by atoms with E-state index in [1.165, 1.54) is 0 Å². The summed E-state index contributed by atoms with van der Waals surface area (Å²) in [6.45, 7) is 8.83. The molecule has 0 radical (unpaired) electrons. The van der Waals surface area contributed by atoms with Gasteiger partial charge in [0.15, 0.2) is 0 Å². The van der Waals surface area contributed by atoms with Crippen molar-refractivity contribution in [2.45, 2.75) is 40.8 Å². The van der Waals surface area contributed by atoms with Gasteiger partial charge in [0, 0.05) is 13.1 Å². The lowest BCUT2D eigenvalue weighted by Gasteiger charge is -2.19. The molecule has 1 aromatic carbocycles.